The van der Waals surface area contributed by atoms with Gasteiger partial charge in [-0.15, -0.1) is 0 Å². The molecule has 0 unspecified atom stereocenters. The molecule has 1 heterocycles. The Kier molecular flexibility index (Phi) is 6.43. The van der Waals surface area contributed by atoms with Crippen LogP contribution in [0.25, 0.3) is 0 Å². The number of pyridine rings is 1. The molecule has 0 bridgehead atoms. The van der Waals surface area contributed by atoms with E-state index in [1.54, 1.807) is 6.20 Å². The van der Waals surface area contributed by atoms with Crippen molar-refractivity contribution in [2.75, 3.05) is 10.2 Å². The summed E-state index contributed by atoms with van der Waals surface area (Å²) in [4.78, 5) is 19.4. The number of para-hydroxylation sites is 1. The van der Waals surface area contributed by atoms with Gasteiger partial charge in [-0.3, -0.25) is 9.78 Å². The third kappa shape index (κ3) is 4.77. The summed E-state index contributed by atoms with van der Waals surface area (Å²) in [5, 5.41) is 3.03. The first kappa shape index (κ1) is 19.6. The molecular formula is C24H27N3O. The van der Waals surface area contributed by atoms with E-state index in [1.165, 1.54) is 5.56 Å². The molecule has 0 aliphatic carbocycles. The SMILES string of the molecule is CCc1ccccc1NC(=O)c1cncc(N(Cc2ccccc2)C(C)C)c1. The number of carbonyl (C=O) groups is 1. The summed E-state index contributed by atoms with van der Waals surface area (Å²) in [5.74, 6) is -0.140. The lowest BCUT2D eigenvalue weighted by Gasteiger charge is -2.29. The molecule has 0 aliphatic rings. The zero-order valence-corrected chi connectivity index (χ0v) is 16.7. The fourth-order valence-electron chi connectivity index (χ4n) is 3.21. The number of carbonyl (C=O) groups excluding carboxylic acids is 1. The van der Waals surface area contributed by atoms with E-state index in [2.05, 4.69) is 48.1 Å². The van der Waals surface area contributed by atoms with Crippen molar-refractivity contribution in [3.63, 3.8) is 0 Å². The largest absolute Gasteiger partial charge is 0.364 e. The summed E-state index contributed by atoms with van der Waals surface area (Å²) >= 11 is 0. The fraction of sp³-hybridized carbons (Fsp3) is 0.250. The number of hydrogen-bond acceptors (Lipinski definition) is 3. The molecule has 0 saturated carbocycles. The number of aryl methyl sites for hydroxylation is 1. The summed E-state index contributed by atoms with van der Waals surface area (Å²) in [6.07, 6.45) is 4.31. The first-order chi connectivity index (χ1) is 13.6. The predicted octanol–water partition coefficient (Wildman–Crippen LogP) is 5.31. The standard InChI is InChI=1S/C24H27N3O/c1-4-20-12-8-9-13-23(20)26-24(28)21-14-22(16-25-15-21)27(18(2)3)17-19-10-6-5-7-11-19/h5-16,18H,4,17H2,1-3H3,(H,26,28). The third-order valence-electron chi connectivity index (χ3n) is 4.78. The van der Waals surface area contributed by atoms with E-state index in [4.69, 9.17) is 0 Å². The van der Waals surface area contributed by atoms with E-state index >= 15 is 0 Å². The molecule has 4 nitrogen and oxygen atoms in total. The average Bonchev–Trinajstić information content (AvgIpc) is 2.73. The lowest BCUT2D eigenvalue weighted by atomic mass is 10.1. The monoisotopic (exact) mass is 373 g/mol. The van der Waals surface area contributed by atoms with Crippen LogP contribution < -0.4 is 10.2 Å². The zero-order valence-electron chi connectivity index (χ0n) is 16.7. The van der Waals surface area contributed by atoms with Crippen molar-refractivity contribution >= 4 is 17.3 Å². The summed E-state index contributed by atoms with van der Waals surface area (Å²) in [6, 6.07) is 20.4. The summed E-state index contributed by atoms with van der Waals surface area (Å²) in [6.45, 7) is 7.14. The van der Waals surface area contributed by atoms with Crippen LogP contribution in [0, 0.1) is 0 Å². The van der Waals surface area contributed by atoms with Gasteiger partial charge in [0.2, 0.25) is 0 Å². The third-order valence-corrected chi connectivity index (χ3v) is 4.78. The van der Waals surface area contributed by atoms with Gasteiger partial charge in [0.15, 0.2) is 0 Å². The maximum atomic E-state index is 12.8. The Labute approximate surface area is 167 Å². The van der Waals surface area contributed by atoms with Crippen molar-refractivity contribution in [2.24, 2.45) is 0 Å². The fourth-order valence-corrected chi connectivity index (χ4v) is 3.21. The van der Waals surface area contributed by atoms with Gasteiger partial charge < -0.3 is 10.2 Å². The maximum Gasteiger partial charge on any atom is 0.257 e. The molecule has 0 saturated heterocycles. The minimum absolute atomic E-state index is 0.140. The highest BCUT2D eigenvalue weighted by atomic mass is 16.1. The normalized spacial score (nSPS) is 10.7. The van der Waals surface area contributed by atoms with Crippen LogP contribution >= 0.6 is 0 Å². The van der Waals surface area contributed by atoms with Crippen LogP contribution in [0.1, 0.15) is 42.3 Å². The number of nitrogens with zero attached hydrogens (tertiary/aromatic N) is 2. The number of nitrogens with one attached hydrogen (secondary N) is 1. The Hall–Kier alpha value is -3.14. The number of benzene rings is 2. The van der Waals surface area contributed by atoms with Gasteiger partial charge in [0.25, 0.3) is 5.91 Å². The minimum atomic E-state index is -0.140. The molecule has 0 aliphatic heterocycles. The van der Waals surface area contributed by atoms with Gasteiger partial charge in [-0.1, -0.05) is 55.5 Å². The number of hydrogen-bond donors (Lipinski definition) is 1. The Balaban J connectivity index is 1.82. The van der Waals surface area contributed by atoms with Crippen molar-refractivity contribution in [3.8, 4) is 0 Å². The summed E-state index contributed by atoms with van der Waals surface area (Å²) in [5.41, 5.74) is 4.69. The first-order valence-electron chi connectivity index (χ1n) is 9.73. The van der Waals surface area contributed by atoms with Crippen molar-refractivity contribution in [2.45, 2.75) is 39.8 Å². The molecule has 4 heteroatoms. The van der Waals surface area contributed by atoms with Gasteiger partial charge in [0.05, 0.1) is 17.4 Å². The van der Waals surface area contributed by atoms with Crippen molar-refractivity contribution < 1.29 is 4.79 Å². The van der Waals surface area contributed by atoms with E-state index in [1.807, 2.05) is 54.7 Å². The number of anilines is 2. The Morgan fingerprint density at radius 2 is 1.75 bits per heavy atom. The topological polar surface area (TPSA) is 45.2 Å². The van der Waals surface area contributed by atoms with Gasteiger partial charge in [-0.05, 0) is 43.5 Å². The summed E-state index contributed by atoms with van der Waals surface area (Å²) < 4.78 is 0. The second kappa shape index (κ2) is 9.18. The molecule has 2 aromatic carbocycles. The molecule has 1 aromatic heterocycles. The van der Waals surface area contributed by atoms with Crippen molar-refractivity contribution in [3.05, 3.63) is 89.7 Å². The molecule has 1 N–H and O–H groups in total. The van der Waals surface area contributed by atoms with Crippen LogP contribution in [0.4, 0.5) is 11.4 Å². The van der Waals surface area contributed by atoms with Crippen LogP contribution in [-0.4, -0.2) is 16.9 Å². The second-order valence-electron chi connectivity index (χ2n) is 7.10. The lowest BCUT2D eigenvalue weighted by molar-refractivity contribution is 0.102. The highest BCUT2D eigenvalue weighted by Gasteiger charge is 2.15. The van der Waals surface area contributed by atoms with Crippen LogP contribution in [-0.2, 0) is 13.0 Å². The molecule has 28 heavy (non-hydrogen) atoms. The Bertz CT molecular complexity index is 922. The van der Waals surface area contributed by atoms with Crippen molar-refractivity contribution in [1.82, 2.24) is 4.98 Å². The molecular weight excluding hydrogens is 346 g/mol. The van der Waals surface area contributed by atoms with Gasteiger partial charge in [-0.25, -0.2) is 0 Å². The number of aromatic nitrogens is 1. The minimum Gasteiger partial charge on any atom is -0.364 e. The highest BCUT2D eigenvalue weighted by Crippen LogP contribution is 2.22. The molecule has 0 fully saturated rings. The average molecular weight is 374 g/mol. The van der Waals surface area contributed by atoms with Gasteiger partial charge in [-0.2, -0.15) is 0 Å². The zero-order chi connectivity index (χ0) is 19.9. The lowest BCUT2D eigenvalue weighted by Crippen LogP contribution is -2.30. The molecule has 3 rings (SSSR count). The quantitative estimate of drug-likeness (QED) is 0.610. The van der Waals surface area contributed by atoms with E-state index < -0.39 is 0 Å². The van der Waals surface area contributed by atoms with E-state index in [-0.39, 0.29) is 11.9 Å². The molecule has 0 spiro atoms. The van der Waals surface area contributed by atoms with Crippen LogP contribution in [0.2, 0.25) is 0 Å². The Morgan fingerprint density at radius 1 is 1.04 bits per heavy atom. The predicted molar refractivity (Wildman–Crippen MR) is 116 cm³/mol. The van der Waals surface area contributed by atoms with Crippen molar-refractivity contribution in [1.29, 1.82) is 0 Å². The van der Waals surface area contributed by atoms with E-state index in [0.717, 1.165) is 29.9 Å². The maximum absolute atomic E-state index is 12.8. The smallest absolute Gasteiger partial charge is 0.257 e. The number of amides is 1. The first-order valence-corrected chi connectivity index (χ1v) is 9.73. The van der Waals surface area contributed by atoms with Gasteiger partial charge in [0, 0.05) is 24.5 Å². The summed E-state index contributed by atoms with van der Waals surface area (Å²) in [7, 11) is 0. The van der Waals surface area contributed by atoms with Crippen LogP contribution in [0.3, 0.4) is 0 Å². The molecule has 3 aromatic rings. The van der Waals surface area contributed by atoms with Crippen LogP contribution in [0.5, 0.6) is 0 Å². The van der Waals surface area contributed by atoms with Gasteiger partial charge >= 0.3 is 0 Å². The Morgan fingerprint density at radius 3 is 2.46 bits per heavy atom. The van der Waals surface area contributed by atoms with E-state index in [9.17, 15) is 4.79 Å². The molecule has 0 radical (unpaired) electrons. The molecule has 1 amide bonds. The molecule has 0 atom stereocenters. The van der Waals surface area contributed by atoms with Crippen LogP contribution in [0.15, 0.2) is 73.1 Å². The van der Waals surface area contributed by atoms with Gasteiger partial charge in [0.1, 0.15) is 0 Å². The highest BCUT2D eigenvalue weighted by molar-refractivity contribution is 6.05. The molecule has 144 valence electrons. The van der Waals surface area contributed by atoms with E-state index in [0.29, 0.717) is 5.56 Å². The number of rotatable bonds is 7. The second-order valence-corrected chi connectivity index (χ2v) is 7.10.